The van der Waals surface area contributed by atoms with Gasteiger partial charge in [0.25, 0.3) is 0 Å². The van der Waals surface area contributed by atoms with Crippen LogP contribution in [0.3, 0.4) is 0 Å². The Morgan fingerprint density at radius 2 is 2.04 bits per heavy atom. The molecule has 3 rings (SSSR count). The number of ether oxygens (including phenoxy) is 1. The minimum absolute atomic E-state index is 0.151. The van der Waals surface area contributed by atoms with E-state index < -0.39 is 5.97 Å². The highest BCUT2D eigenvalue weighted by Gasteiger charge is 2.19. The average molecular weight is 340 g/mol. The van der Waals surface area contributed by atoms with E-state index in [1.165, 1.54) is 11.1 Å². The number of rotatable bonds is 7. The number of furan rings is 1. The average Bonchev–Trinajstić information content (AvgIpc) is 3.20. The van der Waals surface area contributed by atoms with Crippen LogP contribution in [0.5, 0.6) is 5.75 Å². The van der Waals surface area contributed by atoms with E-state index in [0.717, 1.165) is 47.7 Å². The molecule has 1 aliphatic rings. The number of hydrogen-bond donors (Lipinski definition) is 1. The van der Waals surface area contributed by atoms with Gasteiger partial charge in [0.15, 0.2) is 0 Å². The molecule has 0 fully saturated rings. The van der Waals surface area contributed by atoms with Crippen LogP contribution in [-0.4, -0.2) is 17.7 Å². The first-order valence-electron chi connectivity index (χ1n) is 8.75. The molecule has 1 heterocycles. The number of carboxylic acids is 1. The fourth-order valence-corrected chi connectivity index (χ4v) is 3.30. The molecule has 2 aromatic rings. The Balaban J connectivity index is 1.67. The molecule has 132 valence electrons. The molecule has 4 heteroatoms. The zero-order valence-corrected chi connectivity index (χ0v) is 14.8. The highest BCUT2D eigenvalue weighted by atomic mass is 16.5. The monoisotopic (exact) mass is 340 g/mol. The van der Waals surface area contributed by atoms with Crippen molar-refractivity contribution in [3.63, 3.8) is 0 Å². The Morgan fingerprint density at radius 3 is 2.72 bits per heavy atom. The third-order valence-corrected chi connectivity index (χ3v) is 4.64. The van der Waals surface area contributed by atoms with Gasteiger partial charge in [-0.15, -0.1) is 0 Å². The Labute approximate surface area is 148 Å². The smallest absolute Gasteiger partial charge is 0.303 e. The first-order valence-corrected chi connectivity index (χ1v) is 8.75. The molecule has 0 amide bonds. The Kier molecular flexibility index (Phi) is 5.27. The number of carboxylic acid groups (broad SMARTS) is 1. The van der Waals surface area contributed by atoms with Gasteiger partial charge in [-0.3, -0.25) is 4.79 Å². The summed E-state index contributed by atoms with van der Waals surface area (Å²) in [5.41, 5.74) is 4.66. The van der Waals surface area contributed by atoms with Crippen molar-refractivity contribution in [2.24, 2.45) is 0 Å². The summed E-state index contributed by atoms with van der Waals surface area (Å²) in [6, 6.07) is 9.94. The minimum atomic E-state index is -0.771. The van der Waals surface area contributed by atoms with Crippen LogP contribution >= 0.6 is 0 Å². The maximum Gasteiger partial charge on any atom is 0.303 e. The number of allylic oxidation sites excluding steroid dienone is 1. The second kappa shape index (κ2) is 7.60. The number of carbonyl (C=O) groups is 1. The third kappa shape index (κ3) is 4.32. The summed E-state index contributed by atoms with van der Waals surface area (Å²) in [6.07, 6.45) is 3.92. The van der Waals surface area contributed by atoms with Gasteiger partial charge in [-0.1, -0.05) is 12.1 Å². The predicted molar refractivity (Wildman–Crippen MR) is 96.8 cm³/mol. The second-order valence-corrected chi connectivity index (χ2v) is 6.63. The van der Waals surface area contributed by atoms with Gasteiger partial charge in [0.05, 0.1) is 0 Å². The van der Waals surface area contributed by atoms with Crippen molar-refractivity contribution in [1.29, 1.82) is 0 Å². The molecule has 0 unspecified atom stereocenters. The summed E-state index contributed by atoms with van der Waals surface area (Å²) in [5, 5.41) is 8.79. The summed E-state index contributed by atoms with van der Waals surface area (Å²) in [4.78, 5) is 10.7. The van der Waals surface area contributed by atoms with E-state index in [0.29, 0.717) is 13.0 Å². The van der Waals surface area contributed by atoms with Gasteiger partial charge in [-0.25, -0.2) is 0 Å². The van der Waals surface area contributed by atoms with E-state index in [4.69, 9.17) is 14.3 Å². The molecule has 0 saturated heterocycles. The van der Waals surface area contributed by atoms with Crippen LogP contribution in [-0.2, 0) is 11.2 Å². The molecule has 1 aliphatic carbocycles. The standard InChI is InChI=1S/C21H24O4/c1-14-12-16(8-11-21(22)23)7-10-19(14)24-13-17-4-3-5-18(17)20-9-6-15(2)25-20/h6-7,9-10,12H,3-5,8,11,13H2,1-2H3,(H,22,23). The number of benzene rings is 1. The van der Waals surface area contributed by atoms with Crippen LogP contribution in [0.15, 0.2) is 40.3 Å². The largest absolute Gasteiger partial charge is 0.489 e. The van der Waals surface area contributed by atoms with Gasteiger partial charge in [0, 0.05) is 6.42 Å². The lowest BCUT2D eigenvalue weighted by Gasteiger charge is -2.12. The van der Waals surface area contributed by atoms with Crippen molar-refractivity contribution in [2.75, 3.05) is 6.61 Å². The van der Waals surface area contributed by atoms with Crippen LogP contribution in [0.4, 0.5) is 0 Å². The van der Waals surface area contributed by atoms with Crippen LogP contribution in [0, 0.1) is 13.8 Å². The van der Waals surface area contributed by atoms with Gasteiger partial charge >= 0.3 is 5.97 Å². The quantitative estimate of drug-likeness (QED) is 0.776. The van der Waals surface area contributed by atoms with E-state index >= 15 is 0 Å². The van der Waals surface area contributed by atoms with Crippen molar-refractivity contribution < 1.29 is 19.1 Å². The highest BCUT2D eigenvalue weighted by Crippen LogP contribution is 2.35. The molecule has 0 atom stereocenters. The Morgan fingerprint density at radius 1 is 1.20 bits per heavy atom. The van der Waals surface area contributed by atoms with Crippen LogP contribution < -0.4 is 4.74 Å². The zero-order chi connectivity index (χ0) is 17.8. The predicted octanol–water partition coefficient (Wildman–Crippen LogP) is 4.93. The molecule has 1 aromatic carbocycles. The lowest BCUT2D eigenvalue weighted by atomic mass is 10.1. The lowest BCUT2D eigenvalue weighted by molar-refractivity contribution is -0.136. The minimum Gasteiger partial charge on any atom is -0.489 e. The van der Waals surface area contributed by atoms with Gasteiger partial charge in [-0.05, 0) is 80.0 Å². The van der Waals surface area contributed by atoms with Crippen LogP contribution in [0.25, 0.3) is 5.57 Å². The number of aliphatic carboxylic acids is 1. The molecular formula is C21H24O4. The number of aryl methyl sites for hydroxylation is 3. The summed E-state index contributed by atoms with van der Waals surface area (Å²) >= 11 is 0. The van der Waals surface area contributed by atoms with Crippen molar-refractivity contribution in [3.8, 4) is 5.75 Å². The maximum absolute atomic E-state index is 10.7. The molecule has 25 heavy (non-hydrogen) atoms. The van der Waals surface area contributed by atoms with Crippen molar-refractivity contribution >= 4 is 11.5 Å². The van der Waals surface area contributed by atoms with Crippen LogP contribution in [0.1, 0.15) is 48.3 Å². The van der Waals surface area contributed by atoms with Crippen molar-refractivity contribution in [2.45, 2.75) is 46.0 Å². The lowest BCUT2D eigenvalue weighted by Crippen LogP contribution is -2.03. The summed E-state index contributed by atoms with van der Waals surface area (Å²) in [7, 11) is 0. The molecule has 1 aromatic heterocycles. The molecule has 0 spiro atoms. The first kappa shape index (κ1) is 17.3. The Hall–Kier alpha value is -2.49. The third-order valence-electron chi connectivity index (χ3n) is 4.64. The summed E-state index contributed by atoms with van der Waals surface area (Å²) in [5.74, 6) is 1.98. The zero-order valence-electron chi connectivity index (χ0n) is 14.8. The first-order chi connectivity index (χ1) is 12.0. The molecule has 0 bridgehead atoms. The molecule has 1 N–H and O–H groups in total. The van der Waals surface area contributed by atoms with E-state index in [-0.39, 0.29) is 6.42 Å². The molecule has 0 radical (unpaired) electrons. The van der Waals surface area contributed by atoms with E-state index in [1.807, 2.05) is 44.2 Å². The molecule has 0 saturated carbocycles. The fraction of sp³-hybridized carbons (Fsp3) is 0.381. The SMILES string of the molecule is Cc1ccc(C2=C(COc3ccc(CCC(=O)O)cc3C)CCC2)o1. The topological polar surface area (TPSA) is 59.7 Å². The normalized spacial score (nSPS) is 14.2. The van der Waals surface area contributed by atoms with Gasteiger partial charge in [0.2, 0.25) is 0 Å². The van der Waals surface area contributed by atoms with Gasteiger partial charge in [0.1, 0.15) is 23.9 Å². The summed E-state index contributed by atoms with van der Waals surface area (Å²) < 4.78 is 11.8. The van der Waals surface area contributed by atoms with Crippen molar-refractivity contribution in [1.82, 2.24) is 0 Å². The second-order valence-electron chi connectivity index (χ2n) is 6.63. The highest BCUT2D eigenvalue weighted by molar-refractivity contribution is 5.68. The van der Waals surface area contributed by atoms with Gasteiger partial charge in [-0.2, -0.15) is 0 Å². The Bertz CT molecular complexity index is 798. The maximum atomic E-state index is 10.7. The molecule has 4 nitrogen and oxygen atoms in total. The molecule has 0 aliphatic heterocycles. The van der Waals surface area contributed by atoms with Gasteiger partial charge < -0.3 is 14.3 Å². The van der Waals surface area contributed by atoms with Crippen LogP contribution in [0.2, 0.25) is 0 Å². The number of hydrogen-bond acceptors (Lipinski definition) is 3. The van der Waals surface area contributed by atoms with E-state index in [9.17, 15) is 4.79 Å². The van der Waals surface area contributed by atoms with Crippen molar-refractivity contribution in [3.05, 3.63) is 58.6 Å². The fourth-order valence-electron chi connectivity index (χ4n) is 3.30. The molecular weight excluding hydrogens is 316 g/mol. The van der Waals surface area contributed by atoms with E-state index in [1.54, 1.807) is 0 Å². The van der Waals surface area contributed by atoms with E-state index in [2.05, 4.69) is 0 Å². The summed E-state index contributed by atoms with van der Waals surface area (Å²) in [6.45, 7) is 4.54.